The van der Waals surface area contributed by atoms with Gasteiger partial charge >= 0.3 is 17.7 Å². The average molecular weight is 388 g/mol. The van der Waals surface area contributed by atoms with E-state index in [4.69, 9.17) is 0 Å². The maximum atomic E-state index is 14.1. The third-order valence-corrected chi connectivity index (χ3v) is 4.26. The highest BCUT2D eigenvalue weighted by atomic mass is 19.4. The maximum Gasteiger partial charge on any atom is 0.465 e. The van der Waals surface area contributed by atoms with E-state index in [1.807, 2.05) is 5.32 Å². The van der Waals surface area contributed by atoms with E-state index in [-0.39, 0.29) is 17.9 Å². The van der Waals surface area contributed by atoms with Crippen molar-refractivity contribution in [2.24, 2.45) is 0 Å². The molecule has 0 aliphatic carbocycles. The van der Waals surface area contributed by atoms with Gasteiger partial charge in [-0.1, -0.05) is 49.1 Å². The Balaban J connectivity index is 2.11. The third kappa shape index (κ3) is 3.28. The summed E-state index contributed by atoms with van der Waals surface area (Å²) in [5.74, 6) is -2.41. The van der Waals surface area contributed by atoms with Crippen molar-refractivity contribution in [3.63, 3.8) is 0 Å². The van der Waals surface area contributed by atoms with Crippen molar-refractivity contribution in [1.29, 1.82) is 0 Å². The fourth-order valence-corrected chi connectivity index (χ4v) is 2.91. The molecule has 1 atom stereocenters. The van der Waals surface area contributed by atoms with E-state index in [0.29, 0.717) is 5.56 Å². The lowest BCUT2D eigenvalue weighted by Gasteiger charge is -2.24. The molecule has 0 unspecified atom stereocenters. The minimum Gasteiger partial charge on any atom is -0.293 e. The Labute approximate surface area is 159 Å². The molecule has 8 heteroatoms. The summed E-state index contributed by atoms with van der Waals surface area (Å²) in [6, 6.07) is 15.5. The number of carbonyl (C=O) groups is 2. The van der Waals surface area contributed by atoms with Gasteiger partial charge in [0, 0.05) is 5.56 Å². The fraction of sp³-hybridized carbons (Fsp3) is 0.150. The van der Waals surface area contributed by atoms with Crippen molar-refractivity contribution in [3.05, 3.63) is 84.4 Å². The van der Waals surface area contributed by atoms with Gasteiger partial charge < -0.3 is 0 Å². The van der Waals surface area contributed by atoms with Crippen molar-refractivity contribution < 1.29 is 27.8 Å². The first-order valence-electron chi connectivity index (χ1n) is 8.38. The van der Waals surface area contributed by atoms with Gasteiger partial charge in [-0.25, -0.2) is 9.79 Å². The van der Waals surface area contributed by atoms with Crippen molar-refractivity contribution >= 4 is 17.6 Å². The molecule has 0 bridgehead atoms. The number of alkyl halides is 3. The topological polar surface area (TPSA) is 63.4 Å². The molecule has 2 amide bonds. The van der Waals surface area contributed by atoms with Crippen LogP contribution in [0.4, 0.5) is 13.2 Å². The Morgan fingerprint density at radius 1 is 1.11 bits per heavy atom. The molecule has 0 fully saturated rings. The average Bonchev–Trinajstić information content (AvgIpc) is 2.97. The van der Waals surface area contributed by atoms with Crippen LogP contribution in [0.3, 0.4) is 0 Å². The third-order valence-electron chi connectivity index (χ3n) is 4.26. The van der Waals surface area contributed by atoms with E-state index in [1.54, 1.807) is 36.4 Å². The second kappa shape index (κ2) is 7.30. The quantitative estimate of drug-likeness (QED) is 0.757. The number of benzene rings is 2. The minimum absolute atomic E-state index is 0.00385. The molecule has 1 aliphatic heterocycles. The number of amidine groups is 1. The molecule has 2 aromatic rings. The molecule has 5 nitrogen and oxygen atoms in total. The number of nitrogens with one attached hydrogen (secondary N) is 2. The number of nitrogens with zero attached hydrogens (tertiary/aromatic N) is 1. The van der Waals surface area contributed by atoms with E-state index >= 15 is 0 Å². The Bertz CT molecular complexity index is 927. The normalized spacial score (nSPS) is 19.3. The van der Waals surface area contributed by atoms with Crippen molar-refractivity contribution in [1.82, 2.24) is 10.2 Å². The van der Waals surface area contributed by atoms with E-state index < -0.39 is 23.7 Å². The van der Waals surface area contributed by atoms with Crippen LogP contribution in [-0.4, -0.2) is 40.9 Å². The minimum atomic E-state index is -5.09. The number of halogens is 3. The molecule has 0 radical (unpaired) electrons. The summed E-state index contributed by atoms with van der Waals surface area (Å²) in [6.45, 7) is 3.34. The van der Waals surface area contributed by atoms with Crippen LogP contribution >= 0.6 is 0 Å². The molecule has 2 aromatic carbocycles. The van der Waals surface area contributed by atoms with Crippen LogP contribution in [0.1, 0.15) is 15.9 Å². The predicted molar refractivity (Wildman–Crippen MR) is 96.1 cm³/mol. The van der Waals surface area contributed by atoms with Crippen molar-refractivity contribution in [2.75, 3.05) is 6.54 Å². The fourth-order valence-electron chi connectivity index (χ4n) is 2.91. The van der Waals surface area contributed by atoms with Gasteiger partial charge in [0.05, 0.1) is 5.56 Å². The monoisotopic (exact) mass is 388 g/mol. The van der Waals surface area contributed by atoms with Gasteiger partial charge in [-0.15, -0.1) is 0 Å². The van der Waals surface area contributed by atoms with E-state index in [9.17, 15) is 22.8 Å². The predicted octanol–water partition coefficient (Wildman–Crippen LogP) is 1.23. The molecule has 3 rings (SSSR count). The molecule has 1 heterocycles. The largest absolute Gasteiger partial charge is 0.465 e. The van der Waals surface area contributed by atoms with E-state index in [2.05, 4.69) is 11.6 Å². The van der Waals surface area contributed by atoms with Gasteiger partial charge in [-0.2, -0.15) is 18.1 Å². The molecule has 0 saturated heterocycles. The SMILES string of the molecule is C=CCN1C(=O)[C@@](NC(=O)c2ccccc2)(C(F)(F)F)[NH+]=C1c1ccccc1. The van der Waals surface area contributed by atoms with Crippen LogP contribution in [0.2, 0.25) is 0 Å². The van der Waals surface area contributed by atoms with Crippen LogP contribution < -0.4 is 10.3 Å². The smallest absolute Gasteiger partial charge is 0.293 e. The summed E-state index contributed by atoms with van der Waals surface area (Å²) < 4.78 is 42.2. The molecule has 144 valence electrons. The van der Waals surface area contributed by atoms with Gasteiger partial charge in [0.2, 0.25) is 0 Å². The lowest BCUT2D eigenvalue weighted by Crippen LogP contribution is -2.96. The first-order chi connectivity index (χ1) is 13.3. The van der Waals surface area contributed by atoms with Crippen LogP contribution in [0.25, 0.3) is 0 Å². The lowest BCUT2D eigenvalue weighted by molar-refractivity contribution is -0.580. The van der Waals surface area contributed by atoms with Crippen molar-refractivity contribution in [3.8, 4) is 0 Å². The first-order valence-corrected chi connectivity index (χ1v) is 8.38. The van der Waals surface area contributed by atoms with Crippen LogP contribution in [-0.2, 0) is 4.79 Å². The highest BCUT2D eigenvalue weighted by Crippen LogP contribution is 2.30. The van der Waals surface area contributed by atoms with Crippen LogP contribution in [0.15, 0.2) is 73.3 Å². The second-order valence-corrected chi connectivity index (χ2v) is 6.11. The summed E-state index contributed by atoms with van der Waals surface area (Å²) >= 11 is 0. The van der Waals surface area contributed by atoms with Gasteiger partial charge in [0.15, 0.2) is 0 Å². The Morgan fingerprint density at radius 2 is 1.68 bits per heavy atom. The van der Waals surface area contributed by atoms with Gasteiger partial charge in [0.25, 0.3) is 11.7 Å². The zero-order valence-corrected chi connectivity index (χ0v) is 14.7. The first kappa shape index (κ1) is 19.3. The molecule has 28 heavy (non-hydrogen) atoms. The molecule has 1 aliphatic rings. The summed E-state index contributed by atoms with van der Waals surface area (Å²) in [6.07, 6.45) is -3.78. The number of hydrogen-bond donors (Lipinski definition) is 2. The lowest BCUT2D eigenvalue weighted by atomic mass is 10.1. The highest BCUT2D eigenvalue weighted by Gasteiger charge is 2.72. The summed E-state index contributed by atoms with van der Waals surface area (Å²) in [7, 11) is 0. The molecule has 0 aromatic heterocycles. The van der Waals surface area contributed by atoms with E-state index in [0.717, 1.165) is 4.90 Å². The number of amides is 2. The van der Waals surface area contributed by atoms with Gasteiger partial charge in [0.1, 0.15) is 6.54 Å². The second-order valence-electron chi connectivity index (χ2n) is 6.11. The number of hydrogen-bond acceptors (Lipinski definition) is 2. The zero-order valence-electron chi connectivity index (χ0n) is 14.7. The molecular weight excluding hydrogens is 371 g/mol. The van der Waals surface area contributed by atoms with Crippen LogP contribution in [0, 0.1) is 0 Å². The maximum absolute atomic E-state index is 14.1. The summed E-state index contributed by atoms with van der Waals surface area (Å²) in [4.78, 5) is 28.5. The Kier molecular flexibility index (Phi) is 5.04. The standard InChI is InChI=1S/C20H16F3N3O2/c1-2-13-26-16(14-9-5-3-6-10-14)24-19(18(26)28,20(21,22)23)25-17(27)15-11-7-4-8-12-15/h2-12H,1,13H2,(H,25,27)/p+1/t19-/m1/s1. The van der Waals surface area contributed by atoms with Gasteiger partial charge in [-0.05, 0) is 24.3 Å². The number of carbonyl (C=O) groups excluding carboxylic acids is 2. The van der Waals surface area contributed by atoms with Crippen LogP contribution in [0.5, 0.6) is 0 Å². The number of rotatable bonds is 5. The Hall–Kier alpha value is -3.42. The molecule has 0 spiro atoms. The summed E-state index contributed by atoms with van der Waals surface area (Å²) in [5.41, 5.74) is -2.91. The molecular formula is C20H17F3N3O2+. The molecule has 0 saturated carbocycles. The van der Waals surface area contributed by atoms with Gasteiger partial charge in [-0.3, -0.25) is 10.1 Å². The van der Waals surface area contributed by atoms with Crippen molar-refractivity contribution in [2.45, 2.75) is 11.8 Å². The zero-order chi connectivity index (χ0) is 20.4. The molecule has 2 N–H and O–H groups in total. The van der Waals surface area contributed by atoms with E-state index in [1.165, 1.54) is 30.3 Å². The highest BCUT2D eigenvalue weighted by molar-refractivity contribution is 6.11. The summed E-state index contributed by atoms with van der Waals surface area (Å²) in [5, 5.41) is 1.87. The Morgan fingerprint density at radius 3 is 2.21 bits per heavy atom.